The Morgan fingerprint density at radius 1 is 1.25 bits per heavy atom. The van der Waals surface area contributed by atoms with Gasteiger partial charge in [0.05, 0.1) is 10.6 Å². The minimum Gasteiger partial charge on any atom is -0.341 e. The highest BCUT2D eigenvalue weighted by atomic mass is 32.2. The summed E-state index contributed by atoms with van der Waals surface area (Å²) in [5.74, 6) is 0.387. The van der Waals surface area contributed by atoms with Crippen LogP contribution in [-0.4, -0.2) is 38.9 Å². The van der Waals surface area contributed by atoms with Gasteiger partial charge in [-0.25, -0.2) is 8.42 Å². The maximum atomic E-state index is 12.9. The quantitative estimate of drug-likeness (QED) is 0.857. The lowest BCUT2D eigenvalue weighted by molar-refractivity contribution is -0.130. The van der Waals surface area contributed by atoms with Gasteiger partial charge in [-0.3, -0.25) is 9.10 Å². The number of hydrogen-bond donors (Lipinski definition) is 0. The molecule has 5 nitrogen and oxygen atoms in total. The van der Waals surface area contributed by atoms with Crippen molar-refractivity contribution in [1.29, 1.82) is 0 Å². The lowest BCUT2D eigenvalue weighted by Gasteiger charge is -2.27. The third-order valence-corrected chi connectivity index (χ3v) is 7.07. The second kappa shape index (κ2) is 5.21. The van der Waals surface area contributed by atoms with Gasteiger partial charge in [-0.1, -0.05) is 24.3 Å². The molecule has 2 aliphatic rings. The number of likely N-dealkylation sites (N-methyl/N-ethyl adjacent to an activating group) is 1. The van der Waals surface area contributed by atoms with Crippen molar-refractivity contribution in [2.24, 2.45) is 5.92 Å². The molecule has 1 aliphatic heterocycles. The molecule has 1 fully saturated rings. The smallest absolute Gasteiger partial charge is 0.265 e. The zero-order chi connectivity index (χ0) is 17.1. The Morgan fingerprint density at radius 2 is 1.92 bits per heavy atom. The van der Waals surface area contributed by atoms with Crippen LogP contribution in [0.25, 0.3) is 10.8 Å². The van der Waals surface area contributed by atoms with Crippen molar-refractivity contribution in [3.05, 3.63) is 36.4 Å². The monoisotopic (exact) mass is 344 g/mol. The molecule has 2 aromatic carbocycles. The zero-order valence-electron chi connectivity index (χ0n) is 13.8. The number of sulfonamides is 1. The van der Waals surface area contributed by atoms with Crippen LogP contribution >= 0.6 is 0 Å². The molecule has 6 heteroatoms. The summed E-state index contributed by atoms with van der Waals surface area (Å²) in [5, 5.41) is 1.59. The summed E-state index contributed by atoms with van der Waals surface area (Å²) in [7, 11) is -1.91. The zero-order valence-corrected chi connectivity index (χ0v) is 14.6. The number of carbonyl (C=O) groups excluding carboxylic acids is 1. The molecule has 0 bridgehead atoms. The molecule has 24 heavy (non-hydrogen) atoms. The van der Waals surface area contributed by atoms with Crippen LogP contribution in [-0.2, 0) is 14.8 Å². The minimum absolute atomic E-state index is 0.149. The van der Waals surface area contributed by atoms with Crippen LogP contribution in [0.3, 0.4) is 0 Å². The van der Waals surface area contributed by atoms with Crippen LogP contribution in [0, 0.1) is 5.92 Å². The van der Waals surface area contributed by atoms with Crippen molar-refractivity contribution < 1.29 is 13.2 Å². The summed E-state index contributed by atoms with van der Waals surface area (Å²) in [6, 6.07) is 10.9. The number of benzene rings is 2. The predicted molar refractivity (Wildman–Crippen MR) is 93.4 cm³/mol. The van der Waals surface area contributed by atoms with Crippen LogP contribution in [0.1, 0.15) is 19.8 Å². The van der Waals surface area contributed by atoms with E-state index in [4.69, 9.17) is 0 Å². The third-order valence-electron chi connectivity index (χ3n) is 5.27. The molecule has 0 aromatic heterocycles. The normalized spacial score (nSPS) is 19.5. The molecule has 1 unspecified atom stereocenters. The van der Waals surface area contributed by atoms with Gasteiger partial charge in [-0.2, -0.15) is 0 Å². The molecule has 0 radical (unpaired) electrons. The SMILES string of the molecule is CC(C1CC1)N(C)C(=O)CN1c2cccc3cccc(c23)S1(=O)=O. The Balaban J connectivity index is 1.69. The highest BCUT2D eigenvalue weighted by Gasteiger charge is 2.38. The van der Waals surface area contributed by atoms with Crippen molar-refractivity contribution in [3.8, 4) is 0 Å². The van der Waals surface area contributed by atoms with Crippen LogP contribution in [0.2, 0.25) is 0 Å². The number of anilines is 1. The Hall–Kier alpha value is -2.08. The first-order chi connectivity index (χ1) is 11.4. The summed E-state index contributed by atoms with van der Waals surface area (Å²) in [6.07, 6.45) is 2.29. The van der Waals surface area contributed by atoms with Crippen molar-refractivity contribution in [2.45, 2.75) is 30.7 Å². The van der Waals surface area contributed by atoms with E-state index in [-0.39, 0.29) is 18.5 Å². The van der Waals surface area contributed by atoms with Crippen LogP contribution in [0.15, 0.2) is 41.3 Å². The van der Waals surface area contributed by atoms with Crippen molar-refractivity contribution in [3.63, 3.8) is 0 Å². The molecule has 1 heterocycles. The minimum atomic E-state index is -3.67. The fourth-order valence-corrected chi connectivity index (χ4v) is 5.14. The van der Waals surface area contributed by atoms with Crippen molar-refractivity contribution in [2.75, 3.05) is 17.9 Å². The first-order valence-electron chi connectivity index (χ1n) is 8.21. The number of amides is 1. The van der Waals surface area contributed by atoms with E-state index in [9.17, 15) is 13.2 Å². The lowest BCUT2D eigenvalue weighted by atomic mass is 10.1. The average Bonchev–Trinajstić information content (AvgIpc) is 3.39. The molecule has 2 aromatic rings. The van der Waals surface area contributed by atoms with Gasteiger partial charge in [-0.15, -0.1) is 0 Å². The second-order valence-corrected chi connectivity index (χ2v) is 8.56. The number of nitrogens with zero attached hydrogens (tertiary/aromatic N) is 2. The molecule has 1 atom stereocenters. The van der Waals surface area contributed by atoms with Gasteiger partial charge in [-0.05, 0) is 43.2 Å². The summed E-state index contributed by atoms with van der Waals surface area (Å²) in [5.41, 5.74) is 0.601. The molecule has 126 valence electrons. The van der Waals surface area contributed by atoms with E-state index in [0.717, 1.165) is 18.2 Å². The Bertz CT molecular complexity index is 929. The molecule has 1 aliphatic carbocycles. The van der Waals surface area contributed by atoms with Crippen molar-refractivity contribution in [1.82, 2.24) is 4.90 Å². The van der Waals surface area contributed by atoms with E-state index in [1.165, 1.54) is 4.31 Å². The number of rotatable bonds is 4. The van der Waals surface area contributed by atoms with E-state index in [1.54, 1.807) is 30.1 Å². The van der Waals surface area contributed by atoms with Gasteiger partial charge in [0.25, 0.3) is 10.0 Å². The molecular formula is C18H20N2O3S. The highest BCUT2D eigenvalue weighted by molar-refractivity contribution is 7.93. The highest BCUT2D eigenvalue weighted by Crippen LogP contribution is 2.42. The summed E-state index contributed by atoms with van der Waals surface area (Å²) < 4.78 is 27.0. The summed E-state index contributed by atoms with van der Waals surface area (Å²) >= 11 is 0. The third kappa shape index (κ3) is 2.20. The maximum Gasteiger partial charge on any atom is 0.265 e. The van der Waals surface area contributed by atoms with Gasteiger partial charge in [0, 0.05) is 18.5 Å². The van der Waals surface area contributed by atoms with E-state index in [0.29, 0.717) is 21.9 Å². The second-order valence-electron chi connectivity index (χ2n) is 6.73. The fraction of sp³-hybridized carbons (Fsp3) is 0.389. The molecular weight excluding hydrogens is 324 g/mol. The topological polar surface area (TPSA) is 57.7 Å². The average molecular weight is 344 g/mol. The van der Waals surface area contributed by atoms with Crippen LogP contribution in [0.5, 0.6) is 0 Å². The maximum absolute atomic E-state index is 12.9. The van der Waals surface area contributed by atoms with Crippen LogP contribution < -0.4 is 4.31 Å². The van der Waals surface area contributed by atoms with Gasteiger partial charge in [0.15, 0.2) is 0 Å². The number of hydrogen-bond acceptors (Lipinski definition) is 3. The molecule has 0 N–H and O–H groups in total. The first kappa shape index (κ1) is 15.4. The van der Waals surface area contributed by atoms with E-state index >= 15 is 0 Å². The van der Waals surface area contributed by atoms with Gasteiger partial charge in [0.1, 0.15) is 6.54 Å². The summed E-state index contributed by atoms with van der Waals surface area (Å²) in [6.45, 7) is 1.88. The molecule has 4 rings (SSSR count). The fourth-order valence-electron chi connectivity index (χ4n) is 3.48. The molecule has 0 spiro atoms. The van der Waals surface area contributed by atoms with E-state index < -0.39 is 10.0 Å². The Kier molecular flexibility index (Phi) is 3.35. The van der Waals surface area contributed by atoms with Crippen molar-refractivity contribution >= 4 is 32.4 Å². The number of carbonyl (C=O) groups is 1. The predicted octanol–water partition coefficient (Wildman–Crippen LogP) is 2.61. The Morgan fingerprint density at radius 3 is 2.58 bits per heavy atom. The van der Waals surface area contributed by atoms with Gasteiger partial charge >= 0.3 is 0 Å². The first-order valence-corrected chi connectivity index (χ1v) is 9.65. The van der Waals surface area contributed by atoms with E-state index in [1.807, 2.05) is 25.1 Å². The van der Waals surface area contributed by atoms with E-state index in [2.05, 4.69) is 0 Å². The Labute approximate surface area is 141 Å². The summed E-state index contributed by atoms with van der Waals surface area (Å²) in [4.78, 5) is 14.6. The largest absolute Gasteiger partial charge is 0.341 e. The van der Waals surface area contributed by atoms with Gasteiger partial charge < -0.3 is 4.90 Å². The lowest BCUT2D eigenvalue weighted by Crippen LogP contribution is -2.44. The standard InChI is InChI=1S/C18H20N2O3S/c1-12(13-9-10-13)19(2)17(21)11-20-15-7-3-5-14-6-4-8-16(18(14)15)24(20,22)23/h3-8,12-13H,9-11H2,1-2H3. The molecule has 1 saturated carbocycles. The molecule has 1 amide bonds. The molecule has 0 saturated heterocycles. The van der Waals surface area contributed by atoms with Gasteiger partial charge in [0.2, 0.25) is 5.91 Å². The van der Waals surface area contributed by atoms with Crippen LogP contribution in [0.4, 0.5) is 5.69 Å².